The van der Waals surface area contributed by atoms with Gasteiger partial charge in [-0.25, -0.2) is 0 Å². The summed E-state index contributed by atoms with van der Waals surface area (Å²) in [7, 11) is -3.87. The minimum Gasteiger partial charge on any atom is -0.324 e. The number of hydrogen-bond acceptors (Lipinski definition) is 3. The lowest BCUT2D eigenvalue weighted by Gasteiger charge is -2.07. The summed E-state index contributed by atoms with van der Waals surface area (Å²) in [5.74, 6) is 0. The van der Waals surface area contributed by atoms with Crippen LogP contribution in [0.25, 0.3) is 0 Å². The summed E-state index contributed by atoms with van der Waals surface area (Å²) in [4.78, 5) is 22.1. The molecule has 1 aromatic heterocycles. The number of nitrogens with one attached hydrogen (secondary N) is 1. The van der Waals surface area contributed by atoms with Crippen LogP contribution in [-0.4, -0.2) is 27.5 Å². The minimum absolute atomic E-state index is 0.0717. The van der Waals surface area contributed by atoms with Gasteiger partial charge in [0.15, 0.2) is 0 Å². The first-order valence-electron chi connectivity index (χ1n) is 9.76. The van der Waals surface area contributed by atoms with Gasteiger partial charge in [0.2, 0.25) is 0 Å². The van der Waals surface area contributed by atoms with Gasteiger partial charge >= 0.3 is 7.60 Å². The SMILES string of the molecule is O=P(O)(O)CCCNCc1ccc(CCCCCCc2ccccc2)cn1. The molecule has 148 valence electrons. The molecule has 0 unspecified atom stereocenters. The monoisotopic (exact) mass is 390 g/mol. The Labute approximate surface area is 162 Å². The third-order valence-corrected chi connectivity index (χ3v) is 5.42. The summed E-state index contributed by atoms with van der Waals surface area (Å²) in [6, 6.07) is 14.8. The number of aromatic nitrogens is 1. The van der Waals surface area contributed by atoms with Gasteiger partial charge in [0, 0.05) is 12.7 Å². The standard InChI is InChI=1S/C21H31N2O3P/c24-27(25,26)16-8-15-22-18-21-14-13-20(17-23-21)12-5-2-1-4-9-19-10-6-3-7-11-19/h3,6-7,10-11,13-14,17,22H,1-2,4-5,8-9,12,15-16,18H2,(H2,24,25,26). The molecule has 6 heteroatoms. The molecular weight excluding hydrogens is 359 g/mol. The lowest BCUT2D eigenvalue weighted by Crippen LogP contribution is -2.16. The van der Waals surface area contributed by atoms with Crippen molar-refractivity contribution < 1.29 is 14.4 Å². The zero-order chi connectivity index (χ0) is 19.4. The van der Waals surface area contributed by atoms with Crippen LogP contribution in [0.5, 0.6) is 0 Å². The van der Waals surface area contributed by atoms with Crippen LogP contribution in [0, 0.1) is 0 Å². The average Bonchev–Trinajstić information content (AvgIpc) is 2.65. The van der Waals surface area contributed by atoms with Crippen LogP contribution < -0.4 is 5.32 Å². The van der Waals surface area contributed by atoms with Crippen molar-refractivity contribution in [1.82, 2.24) is 10.3 Å². The molecule has 0 aliphatic carbocycles. The largest absolute Gasteiger partial charge is 0.325 e. The average molecular weight is 390 g/mol. The molecule has 1 aromatic carbocycles. The van der Waals surface area contributed by atoms with Crippen molar-refractivity contribution in [3.63, 3.8) is 0 Å². The predicted octanol–water partition coefficient (Wildman–Crippen LogP) is 4.08. The van der Waals surface area contributed by atoms with E-state index < -0.39 is 7.60 Å². The van der Waals surface area contributed by atoms with Gasteiger partial charge in [-0.2, -0.15) is 0 Å². The second-order valence-electron chi connectivity index (χ2n) is 6.98. The zero-order valence-electron chi connectivity index (χ0n) is 15.9. The molecule has 0 fully saturated rings. The van der Waals surface area contributed by atoms with Gasteiger partial charge in [0.1, 0.15) is 0 Å². The summed E-state index contributed by atoms with van der Waals surface area (Å²) in [5.41, 5.74) is 3.65. The van der Waals surface area contributed by atoms with E-state index in [4.69, 9.17) is 9.79 Å². The van der Waals surface area contributed by atoms with Crippen molar-refractivity contribution >= 4 is 7.60 Å². The van der Waals surface area contributed by atoms with Gasteiger partial charge in [0.05, 0.1) is 11.9 Å². The Balaban J connectivity index is 1.53. The van der Waals surface area contributed by atoms with Crippen molar-refractivity contribution in [1.29, 1.82) is 0 Å². The number of benzene rings is 1. The Morgan fingerprint density at radius 2 is 1.56 bits per heavy atom. The molecule has 0 bridgehead atoms. The molecule has 0 spiro atoms. The van der Waals surface area contributed by atoms with Crippen molar-refractivity contribution in [2.75, 3.05) is 12.7 Å². The van der Waals surface area contributed by atoms with Gasteiger partial charge < -0.3 is 15.1 Å². The molecule has 5 nitrogen and oxygen atoms in total. The van der Waals surface area contributed by atoms with Gasteiger partial charge in [-0.15, -0.1) is 0 Å². The fourth-order valence-corrected chi connectivity index (χ4v) is 3.56. The Morgan fingerprint density at radius 3 is 2.19 bits per heavy atom. The second kappa shape index (κ2) is 12.0. The number of rotatable bonds is 13. The van der Waals surface area contributed by atoms with Gasteiger partial charge in [0.25, 0.3) is 0 Å². The third-order valence-electron chi connectivity index (χ3n) is 4.52. The van der Waals surface area contributed by atoms with Crippen LogP contribution in [0.3, 0.4) is 0 Å². The Kier molecular flexibility index (Phi) is 9.71. The van der Waals surface area contributed by atoms with Crippen LogP contribution >= 0.6 is 7.60 Å². The van der Waals surface area contributed by atoms with E-state index in [-0.39, 0.29) is 6.16 Å². The predicted molar refractivity (Wildman–Crippen MR) is 110 cm³/mol. The summed E-state index contributed by atoms with van der Waals surface area (Å²) < 4.78 is 10.8. The maximum absolute atomic E-state index is 10.8. The number of unbranched alkanes of at least 4 members (excludes halogenated alkanes) is 3. The van der Waals surface area contributed by atoms with Gasteiger partial charge in [-0.05, 0) is 55.8 Å². The van der Waals surface area contributed by atoms with E-state index in [1.54, 1.807) is 0 Å². The van der Waals surface area contributed by atoms with E-state index in [1.165, 1.54) is 36.8 Å². The molecule has 3 N–H and O–H groups in total. The van der Waals surface area contributed by atoms with Crippen LogP contribution in [0.4, 0.5) is 0 Å². The van der Waals surface area contributed by atoms with Crippen LogP contribution in [-0.2, 0) is 24.0 Å². The summed E-state index contributed by atoms with van der Waals surface area (Å²) in [6.45, 7) is 1.21. The van der Waals surface area contributed by atoms with Crippen molar-refractivity contribution in [3.8, 4) is 0 Å². The van der Waals surface area contributed by atoms with Crippen molar-refractivity contribution in [2.24, 2.45) is 0 Å². The lowest BCUT2D eigenvalue weighted by molar-refractivity contribution is 0.371. The third kappa shape index (κ3) is 10.4. The first-order chi connectivity index (χ1) is 13.0. The highest BCUT2D eigenvalue weighted by Crippen LogP contribution is 2.34. The highest BCUT2D eigenvalue weighted by molar-refractivity contribution is 7.51. The van der Waals surface area contributed by atoms with E-state index >= 15 is 0 Å². The van der Waals surface area contributed by atoms with Crippen molar-refractivity contribution in [3.05, 3.63) is 65.5 Å². The number of aryl methyl sites for hydroxylation is 2. The quantitative estimate of drug-likeness (QED) is 0.355. The van der Waals surface area contributed by atoms with Gasteiger partial charge in [-0.3, -0.25) is 9.55 Å². The van der Waals surface area contributed by atoms with Crippen LogP contribution in [0.1, 0.15) is 48.9 Å². The number of nitrogens with zero attached hydrogens (tertiary/aromatic N) is 1. The molecule has 0 saturated carbocycles. The molecule has 2 aromatic rings. The highest BCUT2D eigenvalue weighted by atomic mass is 31.2. The molecule has 0 amide bonds. The maximum Gasteiger partial charge on any atom is 0.325 e. The molecular formula is C21H31N2O3P. The Hall–Kier alpha value is -1.52. The minimum atomic E-state index is -3.87. The van der Waals surface area contributed by atoms with Crippen LogP contribution in [0.2, 0.25) is 0 Å². The summed E-state index contributed by atoms with van der Waals surface area (Å²) in [5, 5.41) is 3.17. The molecule has 1 heterocycles. The molecule has 0 saturated heterocycles. The van der Waals surface area contributed by atoms with E-state index in [0.717, 1.165) is 18.5 Å². The van der Waals surface area contributed by atoms with Gasteiger partial charge in [-0.1, -0.05) is 49.2 Å². The fourth-order valence-electron chi connectivity index (χ4n) is 2.99. The topological polar surface area (TPSA) is 82.5 Å². The first kappa shape index (κ1) is 21.8. The molecule has 0 atom stereocenters. The van der Waals surface area contributed by atoms with Crippen molar-refractivity contribution in [2.45, 2.75) is 51.5 Å². The first-order valence-corrected chi connectivity index (χ1v) is 11.6. The molecule has 2 rings (SSSR count). The summed E-state index contributed by atoms with van der Waals surface area (Å²) >= 11 is 0. The smallest absolute Gasteiger partial charge is 0.324 e. The van der Waals surface area contributed by atoms with Crippen LogP contribution in [0.15, 0.2) is 48.7 Å². The highest BCUT2D eigenvalue weighted by Gasteiger charge is 2.10. The molecule has 27 heavy (non-hydrogen) atoms. The molecule has 0 aliphatic heterocycles. The maximum atomic E-state index is 10.8. The molecule has 0 radical (unpaired) electrons. The Bertz CT molecular complexity index is 686. The van der Waals surface area contributed by atoms with E-state index in [0.29, 0.717) is 19.5 Å². The number of pyridine rings is 1. The van der Waals surface area contributed by atoms with E-state index in [1.807, 2.05) is 12.3 Å². The number of hydrogen-bond donors (Lipinski definition) is 3. The second-order valence-corrected chi connectivity index (χ2v) is 8.75. The normalized spacial score (nSPS) is 11.6. The van der Waals surface area contributed by atoms with E-state index in [9.17, 15) is 4.57 Å². The van der Waals surface area contributed by atoms with E-state index in [2.05, 4.69) is 46.7 Å². The fraction of sp³-hybridized carbons (Fsp3) is 0.476. The Morgan fingerprint density at radius 1 is 0.852 bits per heavy atom. The zero-order valence-corrected chi connectivity index (χ0v) is 16.8. The lowest BCUT2D eigenvalue weighted by atomic mass is 10.0. The summed E-state index contributed by atoms with van der Waals surface area (Å²) in [6.07, 6.45) is 9.51. The molecule has 0 aliphatic rings.